The summed E-state index contributed by atoms with van der Waals surface area (Å²) in [4.78, 5) is 47.9. The molecule has 0 saturated carbocycles. The molecule has 3 aromatic heterocycles. The van der Waals surface area contributed by atoms with Gasteiger partial charge in [-0.3, -0.25) is 9.59 Å². The van der Waals surface area contributed by atoms with Gasteiger partial charge < -0.3 is 59.1 Å². The molecule has 0 unspecified atom stereocenters. The zero-order valence-electron chi connectivity index (χ0n) is 23.5. The van der Waals surface area contributed by atoms with Crippen LogP contribution in [0.4, 0.5) is 17.6 Å². The molecule has 17 N–H and O–H groups in total. The van der Waals surface area contributed by atoms with Crippen LogP contribution in [0.2, 0.25) is 0 Å². The highest BCUT2D eigenvalue weighted by molar-refractivity contribution is 6.01. The van der Waals surface area contributed by atoms with Crippen LogP contribution >= 0.6 is 0 Å². The average molecular weight is 616 g/mol. The number of nitrogens with zero attached hydrogens (tertiary/aromatic N) is 5. The monoisotopic (exact) mass is 615 g/mol. The van der Waals surface area contributed by atoms with E-state index in [1.165, 1.54) is 0 Å². The van der Waals surface area contributed by atoms with Gasteiger partial charge in [-0.2, -0.15) is 0 Å². The van der Waals surface area contributed by atoms with Gasteiger partial charge in [0.15, 0.2) is 0 Å². The zero-order chi connectivity index (χ0) is 26.5. The average Bonchev–Trinajstić information content (AvgIpc) is 3.39. The lowest BCUT2D eigenvalue weighted by molar-refractivity contribution is -0.119. The number of fused-ring (bicyclic) bond motifs is 1. The second kappa shape index (κ2) is 18.1. The molecule has 5 rings (SSSR count). The van der Waals surface area contributed by atoms with Gasteiger partial charge in [0.2, 0.25) is 17.8 Å². The van der Waals surface area contributed by atoms with E-state index in [4.69, 9.17) is 5.73 Å². The highest BCUT2D eigenvalue weighted by Crippen LogP contribution is 2.25. The number of hydrogen-bond acceptors (Lipinski definition) is 8. The van der Waals surface area contributed by atoms with Gasteiger partial charge in [0.1, 0.15) is 6.04 Å². The van der Waals surface area contributed by atoms with Crippen molar-refractivity contribution in [2.24, 2.45) is 5.73 Å². The van der Waals surface area contributed by atoms with Gasteiger partial charge in [-0.15, -0.1) is 0 Å². The number of carbonyl (C=O) groups is 2. The number of rotatable bonds is 9. The molecule has 0 bridgehead atoms. The van der Waals surface area contributed by atoms with Crippen LogP contribution in [0.15, 0.2) is 85.3 Å². The Morgan fingerprint density at radius 1 is 0.864 bits per heavy atom. The third-order valence-electron chi connectivity index (χ3n) is 5.91. The third kappa shape index (κ3) is 8.97. The standard InChI is InChI=1S/C27H25N9O2.6H2O/c1-29-26-30-13-10-21(35-26)22-15-18-14-17(8-9-20(18)33-22)25(38)34-23(24(28)37)16-36(19-6-3-2-4-7-19)27-31-11-5-12-32-27;;;;;;/h2-15,23,33H,16H2,1H3,(H2,28,37)(H,34,38)(H,29,30,35);6*1H2/t23-;;;;;;/m0....../s1. The second-order valence-corrected chi connectivity index (χ2v) is 8.42. The Bertz CT molecular complexity index is 1550. The number of nitrogens with two attached hydrogens (primary N) is 1. The number of para-hydroxylation sites is 1. The molecule has 17 nitrogen and oxygen atoms in total. The van der Waals surface area contributed by atoms with Crippen molar-refractivity contribution in [2.75, 3.05) is 23.8 Å². The van der Waals surface area contributed by atoms with Crippen LogP contribution in [0, 0.1) is 0 Å². The van der Waals surface area contributed by atoms with Gasteiger partial charge in [-0.1, -0.05) is 18.2 Å². The van der Waals surface area contributed by atoms with E-state index in [1.54, 1.807) is 60.9 Å². The molecule has 44 heavy (non-hydrogen) atoms. The Balaban J connectivity index is 0. The molecule has 2 aromatic carbocycles. The lowest BCUT2D eigenvalue weighted by Crippen LogP contribution is -2.50. The summed E-state index contributed by atoms with van der Waals surface area (Å²) >= 11 is 0. The summed E-state index contributed by atoms with van der Waals surface area (Å²) in [5.41, 5.74) is 9.18. The first-order valence-electron chi connectivity index (χ1n) is 11.9. The van der Waals surface area contributed by atoms with Crippen molar-refractivity contribution in [3.8, 4) is 11.4 Å². The van der Waals surface area contributed by atoms with Crippen LogP contribution in [0.1, 0.15) is 10.4 Å². The van der Waals surface area contributed by atoms with Gasteiger partial charge in [0.05, 0.1) is 17.9 Å². The lowest BCUT2D eigenvalue weighted by atomic mass is 10.1. The number of amides is 2. The Morgan fingerprint density at radius 2 is 1.55 bits per heavy atom. The number of hydrogen-bond donors (Lipinski definition) is 4. The normalized spacial score (nSPS) is 10.0. The summed E-state index contributed by atoms with van der Waals surface area (Å²) in [6, 6.07) is 19.0. The smallest absolute Gasteiger partial charge is 0.252 e. The molecule has 0 aliphatic carbocycles. The van der Waals surface area contributed by atoms with E-state index in [2.05, 4.69) is 35.6 Å². The predicted molar refractivity (Wildman–Crippen MR) is 166 cm³/mol. The second-order valence-electron chi connectivity index (χ2n) is 8.42. The molecular formula is C27H37N9O8. The summed E-state index contributed by atoms with van der Waals surface area (Å²) in [5.74, 6) is -0.222. The first kappa shape index (κ1) is 40.6. The van der Waals surface area contributed by atoms with Crippen molar-refractivity contribution >= 4 is 40.3 Å². The molecule has 0 aliphatic rings. The maximum atomic E-state index is 13.2. The van der Waals surface area contributed by atoms with Gasteiger partial charge in [-0.25, -0.2) is 19.9 Å². The first-order chi connectivity index (χ1) is 18.5. The topological polar surface area (TPSA) is 344 Å². The third-order valence-corrected chi connectivity index (χ3v) is 5.91. The molecule has 5 aromatic rings. The number of H-pyrrole nitrogens is 1. The van der Waals surface area contributed by atoms with Crippen molar-refractivity contribution in [3.05, 3.63) is 90.9 Å². The lowest BCUT2D eigenvalue weighted by Gasteiger charge is -2.26. The summed E-state index contributed by atoms with van der Waals surface area (Å²) in [6.45, 7) is 0.0488. The fraction of sp³-hybridized carbons (Fsp3) is 0.111. The largest absolute Gasteiger partial charge is 0.412 e. The molecule has 17 heteroatoms. The van der Waals surface area contributed by atoms with Gasteiger partial charge in [0.25, 0.3) is 5.91 Å². The number of primary amides is 1. The molecule has 0 radical (unpaired) electrons. The van der Waals surface area contributed by atoms with Gasteiger partial charge in [0, 0.05) is 47.8 Å². The molecule has 2 amide bonds. The molecule has 0 aliphatic heterocycles. The minimum atomic E-state index is -1.01. The fourth-order valence-electron chi connectivity index (χ4n) is 4.01. The Morgan fingerprint density at radius 3 is 2.18 bits per heavy atom. The van der Waals surface area contributed by atoms with Crippen molar-refractivity contribution in [2.45, 2.75) is 6.04 Å². The van der Waals surface area contributed by atoms with E-state index < -0.39 is 17.9 Å². The number of aromatic amines is 1. The predicted octanol–water partition coefficient (Wildman–Crippen LogP) is -2.07. The molecule has 1 atom stereocenters. The highest BCUT2D eigenvalue weighted by Gasteiger charge is 2.25. The van der Waals surface area contributed by atoms with Crippen LogP contribution in [0.25, 0.3) is 22.3 Å². The van der Waals surface area contributed by atoms with Crippen molar-refractivity contribution in [3.63, 3.8) is 0 Å². The highest BCUT2D eigenvalue weighted by atomic mass is 16.2. The summed E-state index contributed by atoms with van der Waals surface area (Å²) in [6.07, 6.45) is 4.89. The van der Waals surface area contributed by atoms with Gasteiger partial charge in [-0.05, 0) is 48.5 Å². The molecule has 238 valence electrons. The maximum Gasteiger partial charge on any atom is 0.252 e. The Labute approximate surface area is 251 Å². The minimum Gasteiger partial charge on any atom is -0.412 e. The number of benzene rings is 2. The number of nitrogens with one attached hydrogen (secondary N) is 3. The van der Waals surface area contributed by atoms with Crippen molar-refractivity contribution in [1.29, 1.82) is 0 Å². The van der Waals surface area contributed by atoms with Crippen LogP contribution in [0.3, 0.4) is 0 Å². The number of anilines is 3. The van der Waals surface area contributed by atoms with E-state index in [9.17, 15) is 9.59 Å². The van der Waals surface area contributed by atoms with Crippen LogP contribution < -0.4 is 21.3 Å². The van der Waals surface area contributed by atoms with E-state index in [0.29, 0.717) is 23.2 Å². The summed E-state index contributed by atoms with van der Waals surface area (Å²) in [5, 5.41) is 6.51. The van der Waals surface area contributed by atoms with Crippen molar-refractivity contribution in [1.82, 2.24) is 30.2 Å². The molecule has 0 fully saturated rings. The molecule has 3 heterocycles. The van der Waals surface area contributed by atoms with Crippen molar-refractivity contribution < 1.29 is 42.4 Å². The maximum absolute atomic E-state index is 13.2. The van der Waals surface area contributed by atoms with E-state index in [1.807, 2.05) is 36.4 Å². The number of carbonyl (C=O) groups excluding carboxylic acids is 2. The Kier molecular flexibility index (Phi) is 16.7. The van der Waals surface area contributed by atoms with Gasteiger partial charge >= 0.3 is 0 Å². The zero-order valence-corrected chi connectivity index (χ0v) is 23.5. The van der Waals surface area contributed by atoms with E-state index in [0.717, 1.165) is 22.3 Å². The van der Waals surface area contributed by atoms with Crippen LogP contribution in [-0.2, 0) is 4.79 Å². The first-order valence-corrected chi connectivity index (χ1v) is 11.9. The van der Waals surface area contributed by atoms with Crippen LogP contribution in [0.5, 0.6) is 0 Å². The minimum absolute atomic E-state index is 0. The van der Waals surface area contributed by atoms with E-state index in [-0.39, 0.29) is 39.4 Å². The molecular weight excluding hydrogens is 578 g/mol. The summed E-state index contributed by atoms with van der Waals surface area (Å²) in [7, 11) is 1.75. The fourth-order valence-corrected chi connectivity index (χ4v) is 4.01. The van der Waals surface area contributed by atoms with E-state index >= 15 is 0 Å². The SMILES string of the molecule is CNc1nccc(-c2cc3cc(C(=O)N[C@@H](CN(c4ccccc4)c4ncccn4)C(N)=O)ccc3[nH]2)n1.O.O.O.O.O.O. The Hall–Kier alpha value is -5.56. The summed E-state index contributed by atoms with van der Waals surface area (Å²) < 4.78 is 0. The van der Waals surface area contributed by atoms with Crippen LogP contribution in [-0.4, -0.2) is 89.2 Å². The molecule has 0 saturated heterocycles. The number of aromatic nitrogens is 5. The molecule has 0 spiro atoms. The quantitative estimate of drug-likeness (QED) is 0.142.